The van der Waals surface area contributed by atoms with Crippen LogP contribution in [-0.2, 0) is 0 Å². The van der Waals surface area contributed by atoms with Crippen molar-refractivity contribution in [1.29, 1.82) is 0 Å². The van der Waals surface area contributed by atoms with Gasteiger partial charge in [0.2, 0.25) is 0 Å². The molecule has 0 aliphatic carbocycles. The number of aromatic nitrogens is 2. The second-order valence-electron chi connectivity index (χ2n) is 2.59. The molecule has 14 heavy (non-hydrogen) atoms. The summed E-state index contributed by atoms with van der Waals surface area (Å²) in [7, 11) is 0. The number of hydrogen-bond donors (Lipinski definition) is 0. The van der Waals surface area contributed by atoms with Gasteiger partial charge < -0.3 is 0 Å². The Morgan fingerprint density at radius 2 is 2.21 bits per heavy atom. The van der Waals surface area contributed by atoms with Crippen LogP contribution in [0.15, 0.2) is 18.2 Å². The van der Waals surface area contributed by atoms with Gasteiger partial charge in [0.1, 0.15) is 9.25 Å². The molecule has 2 rings (SSSR count). The number of ketones is 1. The summed E-state index contributed by atoms with van der Waals surface area (Å²) in [6.07, 6.45) is 0. The van der Waals surface area contributed by atoms with Crippen molar-refractivity contribution in [2.24, 2.45) is 0 Å². The summed E-state index contributed by atoms with van der Waals surface area (Å²) in [5, 5.41) is 3.91. The van der Waals surface area contributed by atoms with Gasteiger partial charge in [-0.05, 0) is 23.7 Å². The van der Waals surface area contributed by atoms with E-state index in [0.29, 0.717) is 5.56 Å². The molecule has 0 fully saturated rings. The van der Waals surface area contributed by atoms with Crippen LogP contribution in [0.4, 0.5) is 0 Å². The third-order valence-electron chi connectivity index (χ3n) is 1.74. The minimum absolute atomic E-state index is 0.0124. The molecule has 0 N–H and O–H groups in total. The largest absolute Gasteiger partial charge is 0.292 e. The van der Waals surface area contributed by atoms with E-state index in [1.165, 1.54) is 11.5 Å². The summed E-state index contributed by atoms with van der Waals surface area (Å²) in [6.45, 7) is 0. The lowest BCUT2D eigenvalue weighted by Gasteiger charge is -2.00. The average Bonchev–Trinajstić information content (AvgIpc) is 2.63. The molecule has 6 heteroatoms. The van der Waals surface area contributed by atoms with E-state index in [2.05, 4.69) is 41.4 Å². The Labute approximate surface area is 101 Å². The number of alkyl halides is 2. The van der Waals surface area contributed by atoms with Crippen LogP contribution in [0.1, 0.15) is 10.4 Å². The normalized spacial score (nSPS) is 11.1. The molecule has 2 aromatic rings. The molecule has 0 saturated carbocycles. The first-order chi connectivity index (χ1) is 6.70. The van der Waals surface area contributed by atoms with Gasteiger partial charge in [0, 0.05) is 5.56 Å². The zero-order valence-corrected chi connectivity index (χ0v) is 10.8. The fourth-order valence-corrected chi connectivity index (χ4v) is 2.29. The smallest absolute Gasteiger partial charge is 0.188 e. The minimum Gasteiger partial charge on any atom is -0.292 e. The van der Waals surface area contributed by atoms with E-state index in [1.54, 1.807) is 12.1 Å². The molecule has 1 heterocycles. The lowest BCUT2D eigenvalue weighted by atomic mass is 10.1. The Morgan fingerprint density at radius 1 is 1.43 bits per heavy atom. The van der Waals surface area contributed by atoms with Crippen molar-refractivity contribution < 1.29 is 4.79 Å². The Balaban J connectivity index is 2.62. The van der Waals surface area contributed by atoms with E-state index in [4.69, 9.17) is 0 Å². The number of Topliss-reactive ketones (excluding diaryl/α,β-unsaturated/α-hetero) is 1. The topological polar surface area (TPSA) is 42.9 Å². The van der Waals surface area contributed by atoms with Gasteiger partial charge in [0.25, 0.3) is 0 Å². The molecule has 0 unspecified atom stereocenters. The van der Waals surface area contributed by atoms with Gasteiger partial charge >= 0.3 is 0 Å². The number of hydrogen-bond acceptors (Lipinski definition) is 4. The zero-order valence-electron chi connectivity index (χ0n) is 6.78. The fraction of sp³-hybridized carbons (Fsp3) is 0.125. The summed E-state index contributed by atoms with van der Waals surface area (Å²) in [5.74, 6) is -0.0124. The molecular formula is C8H4Br2N2OS. The summed E-state index contributed by atoms with van der Waals surface area (Å²) >= 11 is 7.60. The molecular weight excluding hydrogens is 332 g/mol. The van der Waals surface area contributed by atoms with E-state index in [1.807, 2.05) is 6.07 Å². The summed E-state index contributed by atoms with van der Waals surface area (Å²) in [6, 6.07) is 5.42. The highest BCUT2D eigenvalue weighted by Crippen LogP contribution is 2.24. The van der Waals surface area contributed by atoms with Crippen molar-refractivity contribution in [2.75, 3.05) is 0 Å². The number of fused-ring (bicyclic) bond motifs is 1. The quantitative estimate of drug-likeness (QED) is 0.626. The Bertz CT molecular complexity index is 483. The lowest BCUT2D eigenvalue weighted by molar-refractivity contribution is 0.101. The standard InChI is InChI=1S/C8H4Br2N2OS/c9-8(10)6(13)4-2-1-3-5-7(4)14-12-11-5/h1-3,8H. The van der Waals surface area contributed by atoms with Crippen molar-refractivity contribution in [3.05, 3.63) is 23.8 Å². The van der Waals surface area contributed by atoms with Gasteiger partial charge in [-0.1, -0.05) is 42.4 Å². The number of halogens is 2. The predicted molar refractivity (Wildman–Crippen MR) is 63.4 cm³/mol. The molecule has 72 valence electrons. The second-order valence-corrected chi connectivity index (χ2v) is 6.41. The van der Waals surface area contributed by atoms with E-state index in [9.17, 15) is 4.79 Å². The van der Waals surface area contributed by atoms with Gasteiger partial charge in [0.15, 0.2) is 5.78 Å². The molecule has 0 atom stereocenters. The van der Waals surface area contributed by atoms with E-state index >= 15 is 0 Å². The maximum absolute atomic E-state index is 11.7. The molecule has 0 aliphatic heterocycles. The van der Waals surface area contributed by atoms with E-state index in [0.717, 1.165) is 10.2 Å². The van der Waals surface area contributed by atoms with Crippen molar-refractivity contribution in [1.82, 2.24) is 9.59 Å². The third-order valence-corrected chi connectivity index (χ3v) is 3.35. The monoisotopic (exact) mass is 334 g/mol. The van der Waals surface area contributed by atoms with Gasteiger partial charge in [-0.15, -0.1) is 5.10 Å². The van der Waals surface area contributed by atoms with E-state index in [-0.39, 0.29) is 9.52 Å². The van der Waals surface area contributed by atoms with Gasteiger partial charge in [-0.3, -0.25) is 4.79 Å². The highest BCUT2D eigenvalue weighted by Gasteiger charge is 2.17. The van der Waals surface area contributed by atoms with Crippen LogP contribution in [0, 0.1) is 0 Å². The van der Waals surface area contributed by atoms with Crippen molar-refractivity contribution >= 4 is 59.4 Å². The van der Waals surface area contributed by atoms with Crippen LogP contribution in [0.3, 0.4) is 0 Å². The molecule has 0 radical (unpaired) electrons. The van der Waals surface area contributed by atoms with Crippen LogP contribution in [0.25, 0.3) is 10.2 Å². The summed E-state index contributed by atoms with van der Waals surface area (Å²) < 4.78 is 4.29. The second kappa shape index (κ2) is 4.04. The number of rotatable bonds is 2. The van der Waals surface area contributed by atoms with Crippen molar-refractivity contribution in [3.8, 4) is 0 Å². The van der Waals surface area contributed by atoms with Gasteiger partial charge in [0.05, 0.1) is 4.70 Å². The first-order valence-electron chi connectivity index (χ1n) is 3.73. The summed E-state index contributed by atoms with van der Waals surface area (Å²) in [4.78, 5) is 11.7. The maximum Gasteiger partial charge on any atom is 0.188 e. The number of carbonyl (C=O) groups is 1. The molecule has 0 aliphatic rings. The molecule has 1 aromatic heterocycles. The summed E-state index contributed by atoms with van der Waals surface area (Å²) in [5.41, 5.74) is 1.41. The average molecular weight is 336 g/mol. The highest BCUT2D eigenvalue weighted by molar-refractivity contribution is 9.25. The predicted octanol–water partition coefficient (Wildman–Crippen LogP) is 2.99. The van der Waals surface area contributed by atoms with E-state index < -0.39 is 0 Å². The Morgan fingerprint density at radius 3 is 2.93 bits per heavy atom. The molecule has 1 aromatic carbocycles. The van der Waals surface area contributed by atoms with Crippen molar-refractivity contribution in [3.63, 3.8) is 0 Å². The first-order valence-corrected chi connectivity index (χ1v) is 6.34. The Kier molecular flexibility index (Phi) is 2.94. The molecule has 0 bridgehead atoms. The van der Waals surface area contributed by atoms with Crippen molar-refractivity contribution in [2.45, 2.75) is 3.74 Å². The van der Waals surface area contributed by atoms with Crippen LogP contribution >= 0.6 is 43.4 Å². The minimum atomic E-state index is -0.359. The Hall–Kier alpha value is -0.330. The molecule has 0 spiro atoms. The van der Waals surface area contributed by atoms with Gasteiger partial charge in [-0.25, -0.2) is 0 Å². The number of carbonyl (C=O) groups excluding carboxylic acids is 1. The fourth-order valence-electron chi connectivity index (χ4n) is 1.12. The lowest BCUT2D eigenvalue weighted by Crippen LogP contribution is -2.06. The third kappa shape index (κ3) is 1.74. The SMILES string of the molecule is O=C(c1cccc2nnsc12)C(Br)Br. The van der Waals surface area contributed by atoms with Crippen LogP contribution in [0.2, 0.25) is 0 Å². The van der Waals surface area contributed by atoms with Crippen LogP contribution in [0.5, 0.6) is 0 Å². The molecule has 3 nitrogen and oxygen atoms in total. The van der Waals surface area contributed by atoms with Crippen LogP contribution in [-0.4, -0.2) is 19.1 Å². The maximum atomic E-state index is 11.7. The van der Waals surface area contributed by atoms with Crippen LogP contribution < -0.4 is 0 Å². The zero-order chi connectivity index (χ0) is 10.1. The number of benzene rings is 1. The first kappa shape index (κ1) is 10.2. The van der Waals surface area contributed by atoms with Gasteiger partial charge in [-0.2, -0.15) is 0 Å². The number of nitrogens with zero attached hydrogens (tertiary/aromatic N) is 2. The highest BCUT2D eigenvalue weighted by atomic mass is 79.9. The molecule has 0 amide bonds. The molecule has 0 saturated heterocycles.